The molecule has 0 unspecified atom stereocenters. The molecule has 0 amide bonds. The highest BCUT2D eigenvalue weighted by molar-refractivity contribution is 5.56. The quantitative estimate of drug-likeness (QED) is 0.777. The molecule has 0 radical (unpaired) electrons. The molecule has 0 bridgehead atoms. The third-order valence-corrected chi connectivity index (χ3v) is 3.16. The number of nitrogens with zero attached hydrogens (tertiary/aromatic N) is 3. The number of rotatable bonds is 7. The van der Waals surface area contributed by atoms with Crippen LogP contribution in [0, 0.1) is 6.92 Å². The molecule has 4 nitrogen and oxygen atoms in total. The normalized spacial score (nSPS) is 10.8. The molecule has 0 spiro atoms. The SMILES string of the molecule is Cc1cccc(-c2cnn(CCCCCCN)c2)n1. The van der Waals surface area contributed by atoms with E-state index in [1.54, 1.807) is 0 Å². The highest BCUT2D eigenvalue weighted by Crippen LogP contribution is 2.16. The first-order valence-electron chi connectivity index (χ1n) is 6.96. The van der Waals surface area contributed by atoms with Crippen LogP contribution in [0.5, 0.6) is 0 Å². The Bertz CT molecular complexity index is 504. The van der Waals surface area contributed by atoms with Gasteiger partial charge in [0.1, 0.15) is 0 Å². The van der Waals surface area contributed by atoms with Crippen LogP contribution < -0.4 is 5.73 Å². The highest BCUT2D eigenvalue weighted by atomic mass is 15.3. The summed E-state index contributed by atoms with van der Waals surface area (Å²) in [5.41, 5.74) is 8.59. The summed E-state index contributed by atoms with van der Waals surface area (Å²) in [6.07, 6.45) is 8.67. The summed E-state index contributed by atoms with van der Waals surface area (Å²) in [4.78, 5) is 4.51. The first kappa shape index (κ1) is 13.7. The lowest BCUT2D eigenvalue weighted by atomic mass is 10.2. The maximum atomic E-state index is 5.48. The van der Waals surface area contributed by atoms with Crippen LogP contribution in [0.4, 0.5) is 0 Å². The minimum absolute atomic E-state index is 0.797. The Morgan fingerprint density at radius 2 is 2.00 bits per heavy atom. The number of unbranched alkanes of at least 4 members (excludes halogenated alkanes) is 3. The fraction of sp³-hybridized carbons (Fsp3) is 0.467. The van der Waals surface area contributed by atoms with Gasteiger partial charge in [0.05, 0.1) is 11.9 Å². The number of aromatic nitrogens is 3. The number of pyridine rings is 1. The third-order valence-electron chi connectivity index (χ3n) is 3.16. The number of aryl methyl sites for hydroxylation is 2. The number of hydrogen-bond acceptors (Lipinski definition) is 3. The fourth-order valence-corrected chi connectivity index (χ4v) is 2.09. The van der Waals surface area contributed by atoms with Crippen LogP contribution in [-0.2, 0) is 6.54 Å². The van der Waals surface area contributed by atoms with E-state index in [9.17, 15) is 0 Å². The van der Waals surface area contributed by atoms with Gasteiger partial charge >= 0.3 is 0 Å². The largest absolute Gasteiger partial charge is 0.330 e. The van der Waals surface area contributed by atoms with Crippen molar-refractivity contribution in [2.45, 2.75) is 39.2 Å². The Morgan fingerprint density at radius 1 is 1.16 bits per heavy atom. The van der Waals surface area contributed by atoms with Crippen LogP contribution in [0.2, 0.25) is 0 Å². The lowest BCUT2D eigenvalue weighted by Gasteiger charge is -2.01. The predicted octanol–water partition coefficient (Wildman–Crippen LogP) is 2.77. The van der Waals surface area contributed by atoms with Crippen LogP contribution >= 0.6 is 0 Å². The smallest absolute Gasteiger partial charge is 0.0736 e. The summed E-state index contributed by atoms with van der Waals surface area (Å²) in [6.45, 7) is 3.77. The van der Waals surface area contributed by atoms with Gasteiger partial charge in [-0.1, -0.05) is 18.9 Å². The molecule has 0 saturated heterocycles. The standard InChI is InChI=1S/C15H22N4/c1-13-7-6-8-15(18-13)14-11-17-19(12-14)10-5-3-2-4-9-16/h6-8,11-12H,2-5,9-10,16H2,1H3. The van der Waals surface area contributed by atoms with Gasteiger partial charge in [-0.25, -0.2) is 0 Å². The molecule has 0 saturated carbocycles. The lowest BCUT2D eigenvalue weighted by Crippen LogP contribution is -2.00. The van der Waals surface area contributed by atoms with Gasteiger partial charge in [-0.3, -0.25) is 9.67 Å². The maximum absolute atomic E-state index is 5.48. The monoisotopic (exact) mass is 258 g/mol. The molecule has 0 aliphatic rings. The molecule has 2 aromatic rings. The predicted molar refractivity (Wildman–Crippen MR) is 77.7 cm³/mol. The minimum Gasteiger partial charge on any atom is -0.330 e. The van der Waals surface area contributed by atoms with Gasteiger partial charge in [-0.05, 0) is 38.4 Å². The topological polar surface area (TPSA) is 56.7 Å². The van der Waals surface area contributed by atoms with Gasteiger partial charge in [0.15, 0.2) is 0 Å². The molecule has 2 aromatic heterocycles. The fourth-order valence-electron chi connectivity index (χ4n) is 2.09. The third kappa shape index (κ3) is 4.17. The first-order valence-corrected chi connectivity index (χ1v) is 6.96. The van der Waals surface area contributed by atoms with Crippen LogP contribution in [-0.4, -0.2) is 21.3 Å². The van der Waals surface area contributed by atoms with E-state index in [0.717, 1.165) is 42.9 Å². The van der Waals surface area contributed by atoms with E-state index < -0.39 is 0 Å². The van der Waals surface area contributed by atoms with Crippen molar-refractivity contribution in [1.29, 1.82) is 0 Å². The van der Waals surface area contributed by atoms with Crippen molar-refractivity contribution in [3.63, 3.8) is 0 Å². The van der Waals surface area contributed by atoms with Crippen molar-refractivity contribution in [3.05, 3.63) is 36.3 Å². The van der Waals surface area contributed by atoms with E-state index in [1.165, 1.54) is 12.8 Å². The molecule has 2 heterocycles. The van der Waals surface area contributed by atoms with Crippen LogP contribution in [0.15, 0.2) is 30.6 Å². The molecular weight excluding hydrogens is 236 g/mol. The van der Waals surface area contributed by atoms with Crippen molar-refractivity contribution in [2.75, 3.05) is 6.54 Å². The van der Waals surface area contributed by atoms with Gasteiger partial charge < -0.3 is 5.73 Å². The summed E-state index contributed by atoms with van der Waals surface area (Å²) in [5, 5.41) is 4.39. The molecule has 0 aromatic carbocycles. The Labute approximate surface area is 114 Å². The molecule has 0 atom stereocenters. The zero-order valence-electron chi connectivity index (χ0n) is 11.5. The number of nitrogens with two attached hydrogens (primary N) is 1. The summed E-state index contributed by atoms with van der Waals surface area (Å²) < 4.78 is 2.00. The Hall–Kier alpha value is -1.68. The summed E-state index contributed by atoms with van der Waals surface area (Å²) in [7, 11) is 0. The molecule has 0 aliphatic heterocycles. The zero-order chi connectivity index (χ0) is 13.5. The molecule has 0 aliphatic carbocycles. The van der Waals surface area contributed by atoms with Crippen molar-refractivity contribution in [3.8, 4) is 11.3 Å². The second-order valence-electron chi connectivity index (χ2n) is 4.86. The highest BCUT2D eigenvalue weighted by Gasteiger charge is 2.03. The molecule has 0 fully saturated rings. The van der Waals surface area contributed by atoms with E-state index in [0.29, 0.717) is 0 Å². The van der Waals surface area contributed by atoms with Crippen molar-refractivity contribution in [1.82, 2.24) is 14.8 Å². The second-order valence-corrected chi connectivity index (χ2v) is 4.86. The van der Waals surface area contributed by atoms with Gasteiger partial charge in [-0.15, -0.1) is 0 Å². The van der Waals surface area contributed by atoms with Gasteiger partial charge in [-0.2, -0.15) is 5.10 Å². The first-order chi connectivity index (χ1) is 9.29. The Morgan fingerprint density at radius 3 is 2.79 bits per heavy atom. The lowest BCUT2D eigenvalue weighted by molar-refractivity contribution is 0.537. The van der Waals surface area contributed by atoms with E-state index >= 15 is 0 Å². The van der Waals surface area contributed by atoms with Gasteiger partial charge in [0.25, 0.3) is 0 Å². The number of hydrogen-bond donors (Lipinski definition) is 1. The average Bonchev–Trinajstić information content (AvgIpc) is 2.87. The Balaban J connectivity index is 1.88. The molecule has 102 valence electrons. The summed E-state index contributed by atoms with van der Waals surface area (Å²) in [6, 6.07) is 6.06. The second kappa shape index (κ2) is 7.04. The van der Waals surface area contributed by atoms with Crippen molar-refractivity contribution >= 4 is 0 Å². The van der Waals surface area contributed by atoms with Gasteiger partial charge in [0.2, 0.25) is 0 Å². The van der Waals surface area contributed by atoms with E-state index in [-0.39, 0.29) is 0 Å². The molecule has 19 heavy (non-hydrogen) atoms. The van der Waals surface area contributed by atoms with Crippen molar-refractivity contribution < 1.29 is 0 Å². The van der Waals surface area contributed by atoms with E-state index in [1.807, 2.05) is 36.0 Å². The molecule has 4 heteroatoms. The Kier molecular flexibility index (Phi) is 5.10. The molecule has 2 rings (SSSR count). The minimum atomic E-state index is 0.797. The maximum Gasteiger partial charge on any atom is 0.0736 e. The van der Waals surface area contributed by atoms with Crippen LogP contribution in [0.1, 0.15) is 31.4 Å². The van der Waals surface area contributed by atoms with Crippen molar-refractivity contribution in [2.24, 2.45) is 5.73 Å². The van der Waals surface area contributed by atoms with Gasteiger partial charge in [0, 0.05) is 24.0 Å². The van der Waals surface area contributed by atoms with E-state index in [2.05, 4.69) is 16.3 Å². The molecular formula is C15H22N4. The van der Waals surface area contributed by atoms with Crippen LogP contribution in [0.25, 0.3) is 11.3 Å². The summed E-state index contributed by atoms with van der Waals surface area (Å²) >= 11 is 0. The zero-order valence-corrected chi connectivity index (χ0v) is 11.5. The van der Waals surface area contributed by atoms with E-state index in [4.69, 9.17) is 5.73 Å². The average molecular weight is 258 g/mol. The molecule has 2 N–H and O–H groups in total. The summed E-state index contributed by atoms with van der Waals surface area (Å²) in [5.74, 6) is 0. The van der Waals surface area contributed by atoms with Crippen LogP contribution in [0.3, 0.4) is 0 Å².